The van der Waals surface area contributed by atoms with Gasteiger partial charge in [-0.3, -0.25) is 0 Å². The van der Waals surface area contributed by atoms with E-state index in [1.165, 1.54) is 108 Å². The van der Waals surface area contributed by atoms with Crippen molar-refractivity contribution < 1.29 is 9.53 Å². The third-order valence-electron chi connectivity index (χ3n) is 19.1. The number of pyridine rings is 1. The average Bonchev–Trinajstić information content (AvgIpc) is 3.57. The molecule has 1 aliphatic heterocycles. The zero-order valence-corrected chi connectivity index (χ0v) is 35.9. The van der Waals surface area contributed by atoms with E-state index in [9.17, 15) is 4.79 Å². The van der Waals surface area contributed by atoms with Crippen LogP contribution in [-0.2, 0) is 4.79 Å². The molecule has 0 spiro atoms. The van der Waals surface area contributed by atoms with E-state index in [0.717, 1.165) is 38.0 Å². The zero-order valence-electron chi connectivity index (χ0n) is 35.9. The van der Waals surface area contributed by atoms with Gasteiger partial charge in [0, 0.05) is 30.9 Å². The maximum absolute atomic E-state index is 12.5. The summed E-state index contributed by atoms with van der Waals surface area (Å²) in [5, 5.41) is 4.39. The van der Waals surface area contributed by atoms with Gasteiger partial charge in [0.2, 0.25) is 5.88 Å². The van der Waals surface area contributed by atoms with E-state index in [1.807, 2.05) is 18.2 Å². The average molecular weight is 750 g/mol. The third kappa shape index (κ3) is 6.12. The van der Waals surface area contributed by atoms with Crippen molar-refractivity contribution in [3.05, 3.63) is 59.8 Å². The van der Waals surface area contributed by atoms with Crippen molar-refractivity contribution in [3.63, 3.8) is 0 Å². The second-order valence-corrected chi connectivity index (χ2v) is 21.7. The topological polar surface area (TPSA) is 54.5 Å². The number of hydrogen-bond acceptors (Lipinski definition) is 5. The summed E-state index contributed by atoms with van der Waals surface area (Å²) < 4.78 is 6.05. The molecule has 1 aromatic heterocycles. The largest absolute Gasteiger partial charge is 0.477 e. The first-order valence-electron chi connectivity index (χ1n) is 22.7. The Labute approximate surface area is 335 Å². The van der Waals surface area contributed by atoms with Gasteiger partial charge in [0.05, 0.1) is 5.41 Å². The Hall–Kier alpha value is -2.24. The molecule has 0 aromatic carbocycles. The number of piperidine rings is 1. The van der Waals surface area contributed by atoms with E-state index >= 15 is 0 Å². The molecule has 1 N–H and O–H groups in total. The van der Waals surface area contributed by atoms with Crippen LogP contribution < -0.4 is 10.1 Å². The highest BCUT2D eigenvalue weighted by Crippen LogP contribution is 2.80. The predicted molar refractivity (Wildman–Crippen MR) is 226 cm³/mol. The summed E-state index contributed by atoms with van der Waals surface area (Å²) in [6.07, 6.45) is 26.6. The summed E-state index contributed by atoms with van der Waals surface area (Å²) in [6.45, 7) is 28.6. The van der Waals surface area contributed by atoms with Gasteiger partial charge in [-0.05, 0) is 178 Å². The Morgan fingerprint density at radius 2 is 1.67 bits per heavy atom. The summed E-state index contributed by atoms with van der Waals surface area (Å²) in [5.41, 5.74) is 5.57. The van der Waals surface area contributed by atoms with Crippen LogP contribution in [0.5, 0.6) is 5.88 Å². The standard InChI is InChI=1S/C50H75N3O2/c1-36(2)38-17-26-50(52-30-33-53-31-12-9-13-32-53)28-27-48(8)46(6)22-19-40-44(3,4)39(18-21-45(40,5)41(46)20-23-47(48,7)43(38)50)37-15-24-49(34-54,25-16-37)35-55-42-14-10-11-29-51-42/h10-11,14-15,18,29,34,38,40-41,43,52H,1,9,12-13,16-17,19-28,30-33,35H2,2-8H3/t38-,40?,41?,43?,45-,46+,47+,48-,49?,50-/m0/s1. The molecule has 10 atom stereocenters. The molecule has 6 aliphatic carbocycles. The predicted octanol–water partition coefficient (Wildman–Crippen LogP) is 11.2. The van der Waals surface area contributed by atoms with Crippen molar-refractivity contribution in [1.29, 1.82) is 0 Å². The molecule has 5 heteroatoms. The van der Waals surface area contributed by atoms with Gasteiger partial charge in [-0.25, -0.2) is 4.98 Å². The Kier molecular flexibility index (Phi) is 10.3. The van der Waals surface area contributed by atoms with Crippen LogP contribution in [0.3, 0.4) is 0 Å². The Balaban J connectivity index is 1.04. The monoisotopic (exact) mass is 750 g/mol. The number of rotatable bonds is 10. The summed E-state index contributed by atoms with van der Waals surface area (Å²) in [5.74, 6) is 3.28. The van der Waals surface area contributed by atoms with Crippen LogP contribution in [0.4, 0.5) is 0 Å². The SMILES string of the molecule is C=C(C)[C@@H]1CC[C@]2(NCCN3CCCCC3)CC[C@]3(C)[C@](C)(CCC4[C@@]5(C)CC=C(C6=CCC(C=O)(COc7ccccn7)CC6)C(C)(C)C5CC[C@]43C)C12. The number of fused-ring (bicyclic) bond motifs is 7. The minimum Gasteiger partial charge on any atom is -0.477 e. The first kappa shape index (κ1) is 39.6. The van der Waals surface area contributed by atoms with Crippen LogP contribution in [0, 0.1) is 56.2 Å². The minimum atomic E-state index is -0.478. The van der Waals surface area contributed by atoms with E-state index in [1.54, 1.807) is 11.8 Å². The lowest BCUT2D eigenvalue weighted by atomic mass is 9.29. The van der Waals surface area contributed by atoms with Gasteiger partial charge in [0.15, 0.2) is 0 Å². The Bertz CT molecular complexity index is 1680. The van der Waals surface area contributed by atoms with Crippen molar-refractivity contribution in [3.8, 4) is 5.88 Å². The van der Waals surface area contributed by atoms with E-state index in [-0.39, 0.29) is 16.4 Å². The maximum Gasteiger partial charge on any atom is 0.213 e. The molecular weight excluding hydrogens is 675 g/mol. The lowest BCUT2D eigenvalue weighted by Crippen LogP contribution is -2.71. The normalized spacial score (nSPS) is 43.8. The molecule has 4 saturated carbocycles. The Morgan fingerprint density at radius 3 is 2.36 bits per heavy atom. The minimum absolute atomic E-state index is 0.101. The molecule has 5 nitrogen and oxygen atoms in total. The van der Waals surface area contributed by atoms with Crippen molar-refractivity contribution in [2.75, 3.05) is 32.8 Å². The lowest BCUT2D eigenvalue weighted by molar-refractivity contribution is -0.257. The molecule has 2 heterocycles. The second-order valence-electron chi connectivity index (χ2n) is 21.7. The Morgan fingerprint density at radius 1 is 0.909 bits per heavy atom. The van der Waals surface area contributed by atoms with E-state index < -0.39 is 5.41 Å². The molecule has 7 aliphatic rings. The fourth-order valence-electron chi connectivity index (χ4n) is 15.9. The number of ether oxygens (including phenoxy) is 1. The molecule has 0 amide bonds. The number of allylic oxidation sites excluding steroid dienone is 5. The van der Waals surface area contributed by atoms with Gasteiger partial charge >= 0.3 is 0 Å². The van der Waals surface area contributed by atoms with Crippen LogP contribution in [-0.4, -0.2) is 54.5 Å². The van der Waals surface area contributed by atoms with E-state index in [2.05, 4.69) is 75.8 Å². The molecule has 4 unspecified atom stereocenters. The lowest BCUT2D eigenvalue weighted by Gasteiger charge is -2.76. The van der Waals surface area contributed by atoms with Crippen LogP contribution >= 0.6 is 0 Å². The number of carbonyl (C=O) groups excluding carboxylic acids is 1. The summed E-state index contributed by atoms with van der Waals surface area (Å²) in [4.78, 5) is 19.6. The fraction of sp³-hybridized carbons (Fsp3) is 0.760. The first-order chi connectivity index (χ1) is 26.2. The van der Waals surface area contributed by atoms with Gasteiger partial charge in [-0.1, -0.05) is 78.3 Å². The molecule has 5 fully saturated rings. The molecular formula is C50H75N3O2. The number of hydrogen-bond donors (Lipinski definition) is 1. The highest BCUT2D eigenvalue weighted by molar-refractivity contribution is 5.61. The number of nitrogens with one attached hydrogen (secondary N) is 1. The van der Waals surface area contributed by atoms with Gasteiger partial charge in [0.1, 0.15) is 12.9 Å². The number of nitrogens with zero attached hydrogens (tertiary/aromatic N) is 2. The van der Waals surface area contributed by atoms with E-state index in [0.29, 0.717) is 46.5 Å². The van der Waals surface area contributed by atoms with Crippen molar-refractivity contribution >= 4 is 6.29 Å². The molecule has 8 rings (SSSR count). The molecule has 1 saturated heterocycles. The molecule has 0 radical (unpaired) electrons. The van der Waals surface area contributed by atoms with Crippen LogP contribution in [0.1, 0.15) is 145 Å². The number of likely N-dealkylation sites (tertiary alicyclic amines) is 1. The van der Waals surface area contributed by atoms with Crippen LogP contribution in [0.25, 0.3) is 0 Å². The quantitative estimate of drug-likeness (QED) is 0.191. The second kappa shape index (κ2) is 14.2. The fourth-order valence-corrected chi connectivity index (χ4v) is 15.9. The van der Waals surface area contributed by atoms with Crippen molar-refractivity contribution in [2.24, 2.45) is 56.2 Å². The first-order valence-corrected chi connectivity index (χ1v) is 22.7. The highest BCUT2D eigenvalue weighted by Gasteiger charge is 2.74. The van der Waals surface area contributed by atoms with Crippen LogP contribution in [0.2, 0.25) is 0 Å². The number of aldehydes is 1. The van der Waals surface area contributed by atoms with Gasteiger partial charge in [-0.2, -0.15) is 0 Å². The van der Waals surface area contributed by atoms with Crippen molar-refractivity contribution in [1.82, 2.24) is 15.2 Å². The number of aromatic nitrogens is 1. The van der Waals surface area contributed by atoms with Crippen LogP contribution in [0.15, 0.2) is 59.8 Å². The van der Waals surface area contributed by atoms with Gasteiger partial charge in [0.25, 0.3) is 0 Å². The molecule has 0 bridgehead atoms. The maximum atomic E-state index is 12.5. The zero-order chi connectivity index (χ0) is 38.9. The molecule has 55 heavy (non-hydrogen) atoms. The van der Waals surface area contributed by atoms with Crippen molar-refractivity contribution in [2.45, 2.75) is 150 Å². The van der Waals surface area contributed by atoms with Gasteiger partial charge < -0.3 is 19.7 Å². The highest BCUT2D eigenvalue weighted by atomic mass is 16.5. The molecule has 302 valence electrons. The third-order valence-corrected chi connectivity index (χ3v) is 19.1. The molecule has 1 aromatic rings. The summed E-state index contributed by atoms with van der Waals surface area (Å²) in [6, 6.07) is 5.71. The van der Waals surface area contributed by atoms with Gasteiger partial charge in [-0.15, -0.1) is 0 Å². The number of carbonyl (C=O) groups is 1. The smallest absolute Gasteiger partial charge is 0.213 e. The summed E-state index contributed by atoms with van der Waals surface area (Å²) >= 11 is 0. The van der Waals surface area contributed by atoms with E-state index in [4.69, 9.17) is 11.3 Å². The summed E-state index contributed by atoms with van der Waals surface area (Å²) in [7, 11) is 0.